The van der Waals surface area contributed by atoms with Crippen LogP contribution in [0.2, 0.25) is 0 Å². The number of hydrogen-bond donors (Lipinski definition) is 1. The van der Waals surface area contributed by atoms with E-state index in [0.29, 0.717) is 5.92 Å². The van der Waals surface area contributed by atoms with Gasteiger partial charge in [-0.1, -0.05) is 6.42 Å². The Morgan fingerprint density at radius 2 is 2.43 bits per heavy atom. The number of aryl methyl sites for hydroxylation is 1. The van der Waals surface area contributed by atoms with Gasteiger partial charge >= 0.3 is 0 Å². The van der Waals surface area contributed by atoms with Crippen molar-refractivity contribution in [2.45, 2.75) is 45.3 Å². The third kappa shape index (κ3) is 1.98. The molecule has 0 bridgehead atoms. The van der Waals surface area contributed by atoms with E-state index in [0.717, 1.165) is 19.4 Å². The molecule has 2 unspecified atom stereocenters. The minimum atomic E-state index is -0.0834. The molecule has 0 amide bonds. The van der Waals surface area contributed by atoms with Crippen LogP contribution in [0.1, 0.15) is 31.7 Å². The van der Waals surface area contributed by atoms with Crippen molar-refractivity contribution in [1.29, 1.82) is 0 Å². The summed E-state index contributed by atoms with van der Waals surface area (Å²) in [6.07, 6.45) is 8.24. The van der Waals surface area contributed by atoms with Gasteiger partial charge in [-0.3, -0.25) is 4.68 Å². The van der Waals surface area contributed by atoms with Gasteiger partial charge in [0.1, 0.15) is 0 Å². The largest absolute Gasteiger partial charge is 0.393 e. The SMILES string of the molecule is CCn1cc(CC2CCCC2O)cn1. The molecular weight excluding hydrogens is 176 g/mol. The highest BCUT2D eigenvalue weighted by molar-refractivity contribution is 5.06. The lowest BCUT2D eigenvalue weighted by Gasteiger charge is -2.12. The fraction of sp³-hybridized carbons (Fsp3) is 0.727. The summed E-state index contributed by atoms with van der Waals surface area (Å²) in [5, 5.41) is 13.9. The molecule has 1 N–H and O–H groups in total. The molecule has 3 heteroatoms. The predicted octanol–water partition coefficient (Wildman–Crippen LogP) is 1.61. The molecule has 1 aromatic heterocycles. The molecule has 1 aromatic rings. The lowest BCUT2D eigenvalue weighted by Crippen LogP contribution is -2.15. The van der Waals surface area contributed by atoms with E-state index >= 15 is 0 Å². The highest BCUT2D eigenvalue weighted by atomic mass is 16.3. The third-order valence-corrected chi connectivity index (χ3v) is 3.13. The Bertz CT molecular complexity index is 295. The highest BCUT2D eigenvalue weighted by Crippen LogP contribution is 2.28. The van der Waals surface area contributed by atoms with Crippen molar-refractivity contribution < 1.29 is 5.11 Å². The summed E-state index contributed by atoms with van der Waals surface area (Å²) in [6, 6.07) is 0. The molecule has 0 aliphatic heterocycles. The smallest absolute Gasteiger partial charge is 0.0571 e. The molecule has 0 spiro atoms. The molecule has 1 fully saturated rings. The van der Waals surface area contributed by atoms with Gasteiger partial charge in [-0.2, -0.15) is 5.10 Å². The van der Waals surface area contributed by atoms with E-state index in [4.69, 9.17) is 0 Å². The number of aromatic nitrogens is 2. The Kier molecular flexibility index (Phi) is 2.87. The molecule has 0 saturated heterocycles. The molecule has 2 rings (SSSR count). The van der Waals surface area contributed by atoms with Crippen LogP contribution in [0.3, 0.4) is 0 Å². The second-order valence-electron chi connectivity index (χ2n) is 4.17. The maximum atomic E-state index is 9.69. The van der Waals surface area contributed by atoms with Crippen molar-refractivity contribution in [3.05, 3.63) is 18.0 Å². The molecule has 1 heterocycles. The first-order valence-corrected chi connectivity index (χ1v) is 5.49. The van der Waals surface area contributed by atoms with Crippen molar-refractivity contribution in [2.75, 3.05) is 0 Å². The van der Waals surface area contributed by atoms with Crippen LogP contribution >= 0.6 is 0 Å². The second-order valence-corrected chi connectivity index (χ2v) is 4.17. The van der Waals surface area contributed by atoms with Crippen LogP contribution < -0.4 is 0 Å². The summed E-state index contributed by atoms with van der Waals surface area (Å²) < 4.78 is 1.94. The minimum absolute atomic E-state index is 0.0834. The van der Waals surface area contributed by atoms with Crippen molar-refractivity contribution in [1.82, 2.24) is 9.78 Å². The lowest BCUT2D eigenvalue weighted by molar-refractivity contribution is 0.132. The number of hydrogen-bond acceptors (Lipinski definition) is 2. The van der Waals surface area contributed by atoms with Gasteiger partial charge < -0.3 is 5.11 Å². The first-order chi connectivity index (χ1) is 6.79. The Morgan fingerprint density at radius 1 is 1.57 bits per heavy atom. The first kappa shape index (κ1) is 9.71. The Balaban J connectivity index is 1.96. The molecular formula is C11H18N2O. The summed E-state index contributed by atoms with van der Waals surface area (Å²) in [4.78, 5) is 0. The van der Waals surface area contributed by atoms with E-state index < -0.39 is 0 Å². The molecule has 0 radical (unpaired) electrons. The highest BCUT2D eigenvalue weighted by Gasteiger charge is 2.25. The number of aliphatic hydroxyl groups excluding tert-OH is 1. The van der Waals surface area contributed by atoms with Crippen molar-refractivity contribution >= 4 is 0 Å². The minimum Gasteiger partial charge on any atom is -0.393 e. The molecule has 1 aliphatic carbocycles. The van der Waals surface area contributed by atoms with Gasteiger partial charge in [-0.05, 0) is 37.7 Å². The topological polar surface area (TPSA) is 38.0 Å². The van der Waals surface area contributed by atoms with Crippen LogP contribution in [-0.2, 0) is 13.0 Å². The van der Waals surface area contributed by atoms with Crippen LogP contribution in [0.25, 0.3) is 0 Å². The molecule has 0 aromatic carbocycles. The first-order valence-electron chi connectivity index (χ1n) is 5.49. The Labute approximate surface area is 84.7 Å². The molecule has 78 valence electrons. The molecule has 1 aliphatic rings. The van der Waals surface area contributed by atoms with Crippen LogP contribution in [0.15, 0.2) is 12.4 Å². The van der Waals surface area contributed by atoms with E-state index in [1.807, 2.05) is 10.9 Å². The van der Waals surface area contributed by atoms with Crippen molar-refractivity contribution in [3.63, 3.8) is 0 Å². The fourth-order valence-corrected chi connectivity index (χ4v) is 2.24. The van der Waals surface area contributed by atoms with E-state index in [1.54, 1.807) is 0 Å². The summed E-state index contributed by atoms with van der Waals surface area (Å²) in [7, 11) is 0. The maximum Gasteiger partial charge on any atom is 0.0571 e. The van der Waals surface area contributed by atoms with Crippen LogP contribution in [0.4, 0.5) is 0 Å². The third-order valence-electron chi connectivity index (χ3n) is 3.13. The van der Waals surface area contributed by atoms with Crippen molar-refractivity contribution in [3.8, 4) is 0 Å². The predicted molar refractivity (Wildman–Crippen MR) is 55.0 cm³/mol. The summed E-state index contributed by atoms with van der Waals surface area (Å²) >= 11 is 0. The number of aliphatic hydroxyl groups is 1. The number of nitrogens with zero attached hydrogens (tertiary/aromatic N) is 2. The Morgan fingerprint density at radius 3 is 3.00 bits per heavy atom. The summed E-state index contributed by atoms with van der Waals surface area (Å²) in [5.74, 6) is 0.463. The zero-order valence-electron chi connectivity index (χ0n) is 8.69. The number of rotatable bonds is 3. The lowest BCUT2D eigenvalue weighted by atomic mass is 9.98. The van der Waals surface area contributed by atoms with E-state index in [9.17, 15) is 5.11 Å². The Hall–Kier alpha value is -0.830. The van der Waals surface area contributed by atoms with Gasteiger partial charge in [-0.25, -0.2) is 0 Å². The van der Waals surface area contributed by atoms with Crippen molar-refractivity contribution in [2.24, 2.45) is 5.92 Å². The summed E-state index contributed by atoms with van der Waals surface area (Å²) in [5.41, 5.74) is 1.26. The van der Waals surface area contributed by atoms with Gasteiger partial charge in [0, 0.05) is 12.7 Å². The van der Waals surface area contributed by atoms with Gasteiger partial charge in [0.25, 0.3) is 0 Å². The quantitative estimate of drug-likeness (QED) is 0.793. The molecule has 2 atom stereocenters. The zero-order valence-corrected chi connectivity index (χ0v) is 8.69. The average Bonchev–Trinajstić information content (AvgIpc) is 2.77. The van der Waals surface area contributed by atoms with Crippen LogP contribution in [0, 0.1) is 5.92 Å². The summed E-state index contributed by atoms with van der Waals surface area (Å²) in [6.45, 7) is 3.01. The molecule has 14 heavy (non-hydrogen) atoms. The zero-order chi connectivity index (χ0) is 9.97. The standard InChI is InChI=1S/C11H18N2O/c1-2-13-8-9(7-12-13)6-10-4-3-5-11(10)14/h7-8,10-11,14H,2-6H2,1H3. The van der Waals surface area contributed by atoms with E-state index in [1.165, 1.54) is 18.4 Å². The van der Waals surface area contributed by atoms with E-state index in [2.05, 4.69) is 18.2 Å². The van der Waals surface area contributed by atoms with E-state index in [-0.39, 0.29) is 6.10 Å². The fourth-order valence-electron chi connectivity index (χ4n) is 2.24. The second kappa shape index (κ2) is 4.13. The monoisotopic (exact) mass is 194 g/mol. The average molecular weight is 194 g/mol. The van der Waals surface area contributed by atoms with Crippen LogP contribution in [-0.4, -0.2) is 21.0 Å². The normalized spacial score (nSPS) is 27.0. The van der Waals surface area contributed by atoms with Gasteiger partial charge in [0.15, 0.2) is 0 Å². The van der Waals surface area contributed by atoms with Gasteiger partial charge in [0.2, 0.25) is 0 Å². The van der Waals surface area contributed by atoms with Gasteiger partial charge in [-0.15, -0.1) is 0 Å². The molecule has 1 saturated carbocycles. The van der Waals surface area contributed by atoms with Crippen LogP contribution in [0.5, 0.6) is 0 Å². The van der Waals surface area contributed by atoms with Gasteiger partial charge in [0.05, 0.1) is 12.3 Å². The molecule has 3 nitrogen and oxygen atoms in total. The maximum absolute atomic E-state index is 9.69.